The summed E-state index contributed by atoms with van der Waals surface area (Å²) in [5, 5.41) is 11.4. The van der Waals surface area contributed by atoms with E-state index in [4.69, 9.17) is 16.7 Å². The molecule has 68 valence electrons. The Morgan fingerprint density at radius 2 is 2.38 bits per heavy atom. The zero-order chi connectivity index (χ0) is 9.68. The van der Waals surface area contributed by atoms with Crippen LogP contribution in [-0.2, 0) is 0 Å². The van der Waals surface area contributed by atoms with Crippen molar-refractivity contribution in [3.05, 3.63) is 11.8 Å². The largest absolute Gasteiger partial charge is 0.382 e. The first-order valence-electron chi connectivity index (χ1n) is 3.74. The molecule has 0 aromatic carbocycles. The molecule has 0 radical (unpaired) electrons. The number of anilines is 2. The Kier molecular flexibility index (Phi) is 3.00. The minimum absolute atomic E-state index is 0.178. The predicted molar refractivity (Wildman–Crippen MR) is 48.7 cm³/mol. The van der Waals surface area contributed by atoms with E-state index in [-0.39, 0.29) is 11.4 Å². The average molecular weight is 178 g/mol. The molecule has 0 fully saturated rings. The van der Waals surface area contributed by atoms with Crippen LogP contribution in [0.5, 0.6) is 0 Å². The van der Waals surface area contributed by atoms with E-state index in [0.29, 0.717) is 19.0 Å². The quantitative estimate of drug-likeness (QED) is 0.564. The molecule has 0 aliphatic rings. The molecule has 1 heterocycles. The van der Waals surface area contributed by atoms with E-state index in [1.54, 1.807) is 0 Å². The molecular formula is C7H10N6. The van der Waals surface area contributed by atoms with E-state index in [9.17, 15) is 0 Å². The molecule has 0 saturated heterocycles. The third-order valence-electron chi connectivity index (χ3n) is 1.37. The maximum atomic E-state index is 8.53. The zero-order valence-electron chi connectivity index (χ0n) is 6.99. The molecule has 0 aliphatic carbocycles. The fourth-order valence-electron chi connectivity index (χ4n) is 0.750. The molecular weight excluding hydrogens is 168 g/mol. The molecule has 0 unspecified atom stereocenters. The van der Waals surface area contributed by atoms with Crippen LogP contribution in [0.4, 0.5) is 11.8 Å². The van der Waals surface area contributed by atoms with Crippen molar-refractivity contribution >= 4 is 11.8 Å². The monoisotopic (exact) mass is 178 g/mol. The van der Waals surface area contributed by atoms with Gasteiger partial charge < -0.3 is 16.8 Å². The van der Waals surface area contributed by atoms with Crippen molar-refractivity contribution in [1.29, 1.82) is 5.26 Å². The minimum Gasteiger partial charge on any atom is -0.382 e. The van der Waals surface area contributed by atoms with Crippen LogP contribution in [0.2, 0.25) is 0 Å². The smallest absolute Gasteiger partial charge is 0.224 e. The minimum atomic E-state index is 0.178. The normalized spacial score (nSPS) is 9.23. The van der Waals surface area contributed by atoms with Gasteiger partial charge in [-0.2, -0.15) is 10.2 Å². The fraction of sp³-hybridized carbons (Fsp3) is 0.286. The number of nitrogens with two attached hydrogens (primary N) is 2. The lowest BCUT2D eigenvalue weighted by Crippen LogP contribution is -2.15. The van der Waals surface area contributed by atoms with Gasteiger partial charge in [-0.25, -0.2) is 4.98 Å². The van der Waals surface area contributed by atoms with E-state index < -0.39 is 0 Å². The number of rotatable bonds is 3. The van der Waals surface area contributed by atoms with Crippen LogP contribution in [0.15, 0.2) is 6.20 Å². The van der Waals surface area contributed by atoms with Crippen LogP contribution < -0.4 is 16.8 Å². The highest BCUT2D eigenvalue weighted by Crippen LogP contribution is 2.07. The number of nitriles is 1. The molecule has 6 nitrogen and oxygen atoms in total. The van der Waals surface area contributed by atoms with E-state index in [1.165, 1.54) is 6.20 Å². The second-order valence-corrected chi connectivity index (χ2v) is 2.32. The lowest BCUT2D eigenvalue weighted by Gasteiger charge is -2.02. The van der Waals surface area contributed by atoms with Crippen molar-refractivity contribution in [3.63, 3.8) is 0 Å². The van der Waals surface area contributed by atoms with Crippen molar-refractivity contribution in [2.75, 3.05) is 24.1 Å². The summed E-state index contributed by atoms with van der Waals surface area (Å²) in [7, 11) is 0. The topological polar surface area (TPSA) is 114 Å². The van der Waals surface area contributed by atoms with Crippen LogP contribution in [0.1, 0.15) is 5.56 Å². The van der Waals surface area contributed by atoms with Gasteiger partial charge in [-0.1, -0.05) is 0 Å². The van der Waals surface area contributed by atoms with Gasteiger partial charge in [0.1, 0.15) is 17.5 Å². The Hall–Kier alpha value is -1.87. The molecule has 5 N–H and O–H groups in total. The summed E-state index contributed by atoms with van der Waals surface area (Å²) in [4.78, 5) is 7.73. The highest BCUT2D eigenvalue weighted by molar-refractivity contribution is 5.49. The number of hydrogen-bond donors (Lipinski definition) is 3. The van der Waals surface area contributed by atoms with Gasteiger partial charge in [-0.15, -0.1) is 0 Å². The standard InChI is InChI=1S/C7H10N6/c8-1-2-11-7-12-4-5(3-9)6(10)13-7/h4H,1-2,8H2,(H3,10,11,12,13). The Bertz CT molecular complexity index is 328. The number of aromatic nitrogens is 2. The van der Waals surface area contributed by atoms with Crippen LogP contribution in [0.3, 0.4) is 0 Å². The third kappa shape index (κ3) is 2.28. The van der Waals surface area contributed by atoms with Gasteiger partial charge >= 0.3 is 0 Å². The summed E-state index contributed by atoms with van der Waals surface area (Å²) in [6.07, 6.45) is 1.38. The number of nitrogens with zero attached hydrogens (tertiary/aromatic N) is 3. The summed E-state index contributed by atoms with van der Waals surface area (Å²) in [5.41, 5.74) is 11.0. The Morgan fingerprint density at radius 3 is 2.92 bits per heavy atom. The van der Waals surface area contributed by atoms with Crippen LogP contribution >= 0.6 is 0 Å². The van der Waals surface area contributed by atoms with E-state index >= 15 is 0 Å². The second-order valence-electron chi connectivity index (χ2n) is 2.32. The Labute approximate surface area is 75.6 Å². The lowest BCUT2D eigenvalue weighted by molar-refractivity contribution is 0.989. The SMILES string of the molecule is N#Cc1cnc(NCCN)nc1N. The second kappa shape index (κ2) is 4.23. The predicted octanol–water partition coefficient (Wildman–Crippen LogP) is -0.699. The summed E-state index contributed by atoms with van der Waals surface area (Å²) in [5.74, 6) is 0.568. The van der Waals surface area contributed by atoms with Crippen molar-refractivity contribution in [2.45, 2.75) is 0 Å². The Morgan fingerprint density at radius 1 is 1.62 bits per heavy atom. The molecule has 0 atom stereocenters. The van der Waals surface area contributed by atoms with Gasteiger partial charge in [-0.3, -0.25) is 0 Å². The molecule has 0 amide bonds. The maximum Gasteiger partial charge on any atom is 0.224 e. The Balaban J connectivity index is 2.79. The van der Waals surface area contributed by atoms with Crippen molar-refractivity contribution in [3.8, 4) is 6.07 Å². The lowest BCUT2D eigenvalue weighted by atomic mass is 10.3. The summed E-state index contributed by atoms with van der Waals surface area (Å²) >= 11 is 0. The van der Waals surface area contributed by atoms with Gasteiger partial charge in [0.05, 0.1) is 6.20 Å². The first-order chi connectivity index (χ1) is 6.27. The summed E-state index contributed by atoms with van der Waals surface area (Å²) in [6.45, 7) is 1.06. The molecule has 0 spiro atoms. The van der Waals surface area contributed by atoms with Crippen LogP contribution in [-0.4, -0.2) is 23.1 Å². The molecule has 1 rings (SSSR count). The number of hydrogen-bond acceptors (Lipinski definition) is 6. The van der Waals surface area contributed by atoms with Crippen molar-refractivity contribution < 1.29 is 0 Å². The molecule has 0 saturated carbocycles. The van der Waals surface area contributed by atoms with Crippen LogP contribution in [0.25, 0.3) is 0 Å². The van der Waals surface area contributed by atoms with Gasteiger partial charge in [0.15, 0.2) is 0 Å². The number of nitrogen functional groups attached to an aromatic ring is 1. The fourth-order valence-corrected chi connectivity index (χ4v) is 0.750. The van der Waals surface area contributed by atoms with Gasteiger partial charge in [0.2, 0.25) is 5.95 Å². The summed E-state index contributed by atoms with van der Waals surface area (Å²) < 4.78 is 0. The maximum absolute atomic E-state index is 8.53. The van der Waals surface area contributed by atoms with Gasteiger partial charge in [-0.05, 0) is 0 Å². The molecule has 1 aromatic rings. The van der Waals surface area contributed by atoms with E-state index in [0.717, 1.165) is 0 Å². The van der Waals surface area contributed by atoms with E-state index in [2.05, 4.69) is 15.3 Å². The molecule has 6 heteroatoms. The van der Waals surface area contributed by atoms with Crippen molar-refractivity contribution in [2.24, 2.45) is 5.73 Å². The molecule has 0 aliphatic heterocycles. The van der Waals surface area contributed by atoms with Gasteiger partial charge in [0, 0.05) is 13.1 Å². The van der Waals surface area contributed by atoms with E-state index in [1.807, 2.05) is 6.07 Å². The number of nitrogens with one attached hydrogen (secondary N) is 1. The van der Waals surface area contributed by atoms with Gasteiger partial charge in [0.25, 0.3) is 0 Å². The highest BCUT2D eigenvalue weighted by atomic mass is 15.1. The first kappa shape index (κ1) is 9.22. The molecule has 0 bridgehead atoms. The molecule has 1 aromatic heterocycles. The first-order valence-corrected chi connectivity index (χ1v) is 3.74. The average Bonchev–Trinajstić information content (AvgIpc) is 2.15. The van der Waals surface area contributed by atoms with Crippen molar-refractivity contribution in [1.82, 2.24) is 9.97 Å². The van der Waals surface area contributed by atoms with Crippen LogP contribution in [0, 0.1) is 11.3 Å². The zero-order valence-corrected chi connectivity index (χ0v) is 6.99. The third-order valence-corrected chi connectivity index (χ3v) is 1.37. The highest BCUT2D eigenvalue weighted by Gasteiger charge is 2.01. The molecule has 13 heavy (non-hydrogen) atoms. The summed E-state index contributed by atoms with van der Waals surface area (Å²) in [6, 6.07) is 1.88.